The molecule has 2 aromatic rings. The van der Waals surface area contributed by atoms with Crippen LogP contribution in [0.5, 0.6) is 5.75 Å². The van der Waals surface area contributed by atoms with Crippen molar-refractivity contribution in [3.8, 4) is 5.75 Å². The van der Waals surface area contributed by atoms with Gasteiger partial charge in [-0.15, -0.1) is 0 Å². The summed E-state index contributed by atoms with van der Waals surface area (Å²) >= 11 is 0. The van der Waals surface area contributed by atoms with E-state index < -0.39 is 0 Å². The number of para-hydroxylation sites is 1. The van der Waals surface area contributed by atoms with Crippen molar-refractivity contribution in [1.29, 1.82) is 0 Å². The lowest BCUT2D eigenvalue weighted by molar-refractivity contribution is 0.295. The highest BCUT2D eigenvalue weighted by Crippen LogP contribution is 2.39. The van der Waals surface area contributed by atoms with Crippen molar-refractivity contribution in [2.24, 2.45) is 0 Å². The second kappa shape index (κ2) is 5.26. The zero-order valence-corrected chi connectivity index (χ0v) is 11.0. The fraction of sp³-hybridized carbons (Fsp3) is 0.333. The fourth-order valence-corrected chi connectivity index (χ4v) is 1.96. The molecule has 0 bridgehead atoms. The highest BCUT2D eigenvalue weighted by molar-refractivity contribution is 5.37. The van der Waals surface area contributed by atoms with E-state index in [2.05, 4.69) is 15.3 Å². The Balaban J connectivity index is 1.74. The molecule has 1 aromatic carbocycles. The highest BCUT2D eigenvalue weighted by Gasteiger charge is 2.26. The maximum Gasteiger partial charge on any atom is 0.168 e. The van der Waals surface area contributed by atoms with Gasteiger partial charge in [0.2, 0.25) is 0 Å². The van der Waals surface area contributed by atoms with Crippen LogP contribution in [0.3, 0.4) is 0 Å². The third-order valence-electron chi connectivity index (χ3n) is 3.16. The second-order valence-corrected chi connectivity index (χ2v) is 4.72. The monoisotopic (exact) mass is 255 g/mol. The summed E-state index contributed by atoms with van der Waals surface area (Å²) in [5.74, 6) is 3.06. The van der Waals surface area contributed by atoms with Crippen molar-refractivity contribution < 1.29 is 4.74 Å². The van der Waals surface area contributed by atoms with Crippen molar-refractivity contribution in [1.82, 2.24) is 9.97 Å². The van der Waals surface area contributed by atoms with Gasteiger partial charge >= 0.3 is 0 Å². The van der Waals surface area contributed by atoms with Crippen molar-refractivity contribution in [3.63, 3.8) is 0 Å². The van der Waals surface area contributed by atoms with Gasteiger partial charge in [-0.3, -0.25) is 0 Å². The van der Waals surface area contributed by atoms with Crippen LogP contribution in [0.15, 0.2) is 36.4 Å². The number of benzene rings is 1. The molecule has 0 saturated heterocycles. The molecule has 1 aliphatic carbocycles. The molecule has 4 heteroatoms. The Labute approximate surface area is 112 Å². The van der Waals surface area contributed by atoms with Crippen molar-refractivity contribution in [2.45, 2.75) is 25.4 Å². The molecular formula is C15H17N3O. The first-order chi connectivity index (χ1) is 9.35. The number of ether oxygens (including phenoxy) is 1. The zero-order valence-electron chi connectivity index (χ0n) is 11.0. The van der Waals surface area contributed by atoms with Gasteiger partial charge in [-0.05, 0) is 25.0 Å². The first-order valence-corrected chi connectivity index (χ1v) is 6.58. The summed E-state index contributed by atoms with van der Waals surface area (Å²) in [7, 11) is 1.88. The van der Waals surface area contributed by atoms with Crippen molar-refractivity contribution >= 4 is 5.82 Å². The Bertz CT molecular complexity index is 553. The van der Waals surface area contributed by atoms with Gasteiger partial charge in [0.05, 0.1) is 0 Å². The average Bonchev–Trinajstić information content (AvgIpc) is 3.30. The molecule has 0 atom stereocenters. The standard InChI is InChI=1S/C15H17N3O/c1-16-14-9-13(11-7-8-11)17-15(18-14)10-19-12-5-3-2-4-6-12/h2-6,9,11H,7-8,10H2,1H3,(H,16,17,18). The van der Waals surface area contributed by atoms with Gasteiger partial charge in [-0.25, -0.2) is 9.97 Å². The van der Waals surface area contributed by atoms with Gasteiger partial charge in [0, 0.05) is 24.7 Å². The molecule has 1 N–H and O–H groups in total. The molecule has 0 spiro atoms. The first kappa shape index (κ1) is 12.0. The molecule has 0 unspecified atom stereocenters. The van der Waals surface area contributed by atoms with Gasteiger partial charge in [-0.1, -0.05) is 18.2 Å². The van der Waals surface area contributed by atoms with Gasteiger partial charge in [0.1, 0.15) is 18.2 Å². The van der Waals surface area contributed by atoms with Crippen LogP contribution in [0.4, 0.5) is 5.82 Å². The van der Waals surface area contributed by atoms with Gasteiger partial charge in [0.25, 0.3) is 0 Å². The molecular weight excluding hydrogens is 238 g/mol. The van der Waals surface area contributed by atoms with E-state index in [1.54, 1.807) is 0 Å². The number of rotatable bonds is 5. The first-order valence-electron chi connectivity index (χ1n) is 6.58. The minimum absolute atomic E-state index is 0.402. The van der Waals surface area contributed by atoms with Gasteiger partial charge < -0.3 is 10.1 Å². The predicted molar refractivity (Wildman–Crippen MR) is 74.3 cm³/mol. The summed E-state index contributed by atoms with van der Waals surface area (Å²) in [6, 6.07) is 11.8. The molecule has 1 fully saturated rings. The molecule has 0 amide bonds. The summed E-state index contributed by atoms with van der Waals surface area (Å²) in [4.78, 5) is 9.01. The fourth-order valence-electron chi connectivity index (χ4n) is 1.96. The van der Waals surface area contributed by atoms with E-state index in [9.17, 15) is 0 Å². The lowest BCUT2D eigenvalue weighted by Crippen LogP contribution is -2.06. The van der Waals surface area contributed by atoms with E-state index >= 15 is 0 Å². The Morgan fingerprint density at radius 2 is 2.00 bits per heavy atom. The molecule has 98 valence electrons. The van der Waals surface area contributed by atoms with Crippen LogP contribution >= 0.6 is 0 Å². The minimum atomic E-state index is 0.402. The van der Waals surface area contributed by atoms with Crippen LogP contribution in [0.2, 0.25) is 0 Å². The third-order valence-corrected chi connectivity index (χ3v) is 3.16. The maximum absolute atomic E-state index is 5.69. The molecule has 0 aliphatic heterocycles. The number of hydrogen-bond acceptors (Lipinski definition) is 4. The van der Waals surface area contributed by atoms with Crippen LogP contribution in [-0.2, 0) is 6.61 Å². The molecule has 0 radical (unpaired) electrons. The summed E-state index contributed by atoms with van der Waals surface area (Å²) in [6.45, 7) is 0.402. The molecule has 1 aromatic heterocycles. The minimum Gasteiger partial charge on any atom is -0.486 e. The summed E-state index contributed by atoms with van der Waals surface area (Å²) in [5, 5.41) is 3.08. The van der Waals surface area contributed by atoms with Crippen LogP contribution in [-0.4, -0.2) is 17.0 Å². The van der Waals surface area contributed by atoms with Gasteiger partial charge in [0.15, 0.2) is 5.82 Å². The number of nitrogens with one attached hydrogen (secondary N) is 1. The lowest BCUT2D eigenvalue weighted by Gasteiger charge is -2.08. The van der Waals surface area contributed by atoms with E-state index in [0.717, 1.165) is 23.1 Å². The number of hydrogen-bond donors (Lipinski definition) is 1. The molecule has 19 heavy (non-hydrogen) atoms. The van der Waals surface area contributed by atoms with E-state index in [1.807, 2.05) is 43.4 Å². The van der Waals surface area contributed by atoms with Crippen molar-refractivity contribution in [2.75, 3.05) is 12.4 Å². The Morgan fingerprint density at radius 3 is 2.68 bits per heavy atom. The quantitative estimate of drug-likeness (QED) is 0.892. The highest BCUT2D eigenvalue weighted by atomic mass is 16.5. The summed E-state index contributed by atoms with van der Waals surface area (Å²) in [6.07, 6.45) is 2.47. The van der Waals surface area contributed by atoms with E-state index in [1.165, 1.54) is 12.8 Å². The molecule has 3 rings (SSSR count). The maximum atomic E-state index is 5.69. The van der Waals surface area contributed by atoms with E-state index in [0.29, 0.717) is 12.5 Å². The molecule has 1 saturated carbocycles. The summed E-state index contributed by atoms with van der Waals surface area (Å²) < 4.78 is 5.69. The average molecular weight is 255 g/mol. The van der Waals surface area contributed by atoms with Crippen LogP contribution in [0, 0.1) is 0 Å². The summed E-state index contributed by atoms with van der Waals surface area (Å²) in [5.41, 5.74) is 1.13. The Kier molecular flexibility index (Phi) is 3.31. The lowest BCUT2D eigenvalue weighted by atomic mass is 10.2. The molecule has 4 nitrogen and oxygen atoms in total. The Morgan fingerprint density at radius 1 is 1.21 bits per heavy atom. The topological polar surface area (TPSA) is 47.0 Å². The van der Waals surface area contributed by atoms with Crippen molar-refractivity contribution in [3.05, 3.63) is 47.9 Å². The second-order valence-electron chi connectivity index (χ2n) is 4.72. The van der Waals surface area contributed by atoms with E-state index in [4.69, 9.17) is 4.74 Å². The molecule has 1 heterocycles. The number of nitrogens with zero attached hydrogens (tertiary/aromatic N) is 2. The van der Waals surface area contributed by atoms with Crippen LogP contribution in [0.25, 0.3) is 0 Å². The van der Waals surface area contributed by atoms with E-state index in [-0.39, 0.29) is 0 Å². The largest absolute Gasteiger partial charge is 0.486 e. The number of anilines is 1. The smallest absolute Gasteiger partial charge is 0.168 e. The zero-order chi connectivity index (χ0) is 13.1. The normalized spacial score (nSPS) is 14.2. The molecule has 1 aliphatic rings. The predicted octanol–water partition coefficient (Wildman–Crippen LogP) is 2.97. The number of aromatic nitrogens is 2. The third kappa shape index (κ3) is 3.02. The van der Waals surface area contributed by atoms with Gasteiger partial charge in [-0.2, -0.15) is 0 Å². The SMILES string of the molecule is CNc1cc(C2CC2)nc(COc2ccccc2)n1. The Hall–Kier alpha value is -2.10. The van der Waals surface area contributed by atoms with Crippen LogP contribution in [0.1, 0.15) is 30.3 Å². The van der Waals surface area contributed by atoms with Crippen LogP contribution < -0.4 is 10.1 Å².